The van der Waals surface area contributed by atoms with Gasteiger partial charge in [0.15, 0.2) is 0 Å². The van der Waals surface area contributed by atoms with Gasteiger partial charge in [0.05, 0.1) is 5.69 Å². The summed E-state index contributed by atoms with van der Waals surface area (Å²) in [6, 6.07) is 14.2. The summed E-state index contributed by atoms with van der Waals surface area (Å²) >= 11 is 2.17. The van der Waals surface area contributed by atoms with Gasteiger partial charge >= 0.3 is 6.09 Å². The Labute approximate surface area is 154 Å². The predicted molar refractivity (Wildman–Crippen MR) is 103 cm³/mol. The van der Waals surface area contributed by atoms with Crippen LogP contribution in [0.4, 0.5) is 16.2 Å². The van der Waals surface area contributed by atoms with Gasteiger partial charge in [-0.05, 0) is 79.8 Å². The lowest BCUT2D eigenvalue weighted by Crippen LogP contribution is -2.27. The third-order valence-corrected chi connectivity index (χ3v) is 3.86. The first-order valence-electron chi connectivity index (χ1n) is 7.40. The molecule has 2 aromatic carbocycles. The van der Waals surface area contributed by atoms with E-state index in [4.69, 9.17) is 4.74 Å². The van der Waals surface area contributed by atoms with Crippen LogP contribution in [0.5, 0.6) is 0 Å². The van der Waals surface area contributed by atoms with Gasteiger partial charge in [0.25, 0.3) is 5.91 Å². The topological polar surface area (TPSA) is 67.4 Å². The second kappa shape index (κ2) is 7.65. The van der Waals surface area contributed by atoms with Gasteiger partial charge in [-0.1, -0.05) is 12.1 Å². The van der Waals surface area contributed by atoms with E-state index >= 15 is 0 Å². The van der Waals surface area contributed by atoms with E-state index in [2.05, 4.69) is 33.2 Å². The fourth-order valence-electron chi connectivity index (χ4n) is 1.88. The van der Waals surface area contributed by atoms with Crippen LogP contribution < -0.4 is 10.6 Å². The Morgan fingerprint density at radius 2 is 1.58 bits per heavy atom. The average molecular weight is 438 g/mol. The Morgan fingerprint density at radius 3 is 2.17 bits per heavy atom. The molecular formula is C18H19IN2O3. The molecule has 0 aliphatic rings. The fraction of sp³-hybridized carbons (Fsp3) is 0.222. The molecule has 0 fully saturated rings. The second-order valence-corrected chi connectivity index (χ2v) is 7.30. The highest BCUT2D eigenvalue weighted by atomic mass is 127. The summed E-state index contributed by atoms with van der Waals surface area (Å²) in [5.74, 6) is -0.206. The van der Waals surface area contributed by atoms with E-state index in [1.165, 1.54) is 0 Å². The van der Waals surface area contributed by atoms with Crippen LogP contribution in [0, 0.1) is 3.57 Å². The van der Waals surface area contributed by atoms with Gasteiger partial charge in [-0.25, -0.2) is 4.79 Å². The largest absolute Gasteiger partial charge is 0.444 e. The molecule has 0 aliphatic heterocycles. The van der Waals surface area contributed by atoms with Gasteiger partial charge in [0.1, 0.15) is 5.60 Å². The molecule has 0 atom stereocenters. The molecule has 5 nitrogen and oxygen atoms in total. The molecule has 2 rings (SSSR count). The number of carbonyl (C=O) groups excluding carboxylic acids is 2. The molecule has 0 radical (unpaired) electrons. The van der Waals surface area contributed by atoms with Gasteiger partial charge < -0.3 is 10.1 Å². The molecule has 24 heavy (non-hydrogen) atoms. The lowest BCUT2D eigenvalue weighted by atomic mass is 10.2. The molecular weight excluding hydrogens is 419 g/mol. The molecule has 0 aromatic heterocycles. The van der Waals surface area contributed by atoms with Crippen molar-refractivity contribution in [1.29, 1.82) is 0 Å². The first-order valence-corrected chi connectivity index (χ1v) is 8.48. The zero-order chi connectivity index (χ0) is 17.7. The number of rotatable bonds is 3. The predicted octanol–water partition coefficient (Wildman–Crippen LogP) is 4.89. The van der Waals surface area contributed by atoms with E-state index in [1.807, 2.05) is 24.3 Å². The van der Waals surface area contributed by atoms with Gasteiger partial charge in [-0.2, -0.15) is 0 Å². The van der Waals surface area contributed by atoms with Crippen LogP contribution in [0.3, 0.4) is 0 Å². The molecule has 126 valence electrons. The van der Waals surface area contributed by atoms with E-state index < -0.39 is 11.7 Å². The standard InChI is InChI=1S/C18H19IN2O3/c1-18(2,3)24-17(23)20-13-10-8-12(9-11-13)16(22)21-15-7-5-4-6-14(15)19/h4-11H,1-3H3,(H,20,23)(H,21,22). The van der Waals surface area contributed by atoms with E-state index in [0.717, 1.165) is 9.26 Å². The lowest BCUT2D eigenvalue weighted by Gasteiger charge is -2.19. The van der Waals surface area contributed by atoms with E-state index in [9.17, 15) is 9.59 Å². The highest BCUT2D eigenvalue weighted by molar-refractivity contribution is 14.1. The van der Waals surface area contributed by atoms with Crippen molar-refractivity contribution in [1.82, 2.24) is 0 Å². The van der Waals surface area contributed by atoms with Crippen molar-refractivity contribution in [2.24, 2.45) is 0 Å². The van der Waals surface area contributed by atoms with Crippen LogP contribution in [0.15, 0.2) is 48.5 Å². The van der Waals surface area contributed by atoms with Crippen molar-refractivity contribution >= 4 is 46.0 Å². The maximum Gasteiger partial charge on any atom is 0.412 e. The molecule has 0 bridgehead atoms. The van der Waals surface area contributed by atoms with Crippen molar-refractivity contribution in [3.63, 3.8) is 0 Å². The van der Waals surface area contributed by atoms with Crippen LogP contribution >= 0.6 is 22.6 Å². The third kappa shape index (κ3) is 5.52. The van der Waals surface area contributed by atoms with Gasteiger partial charge in [-0.15, -0.1) is 0 Å². The van der Waals surface area contributed by atoms with Gasteiger partial charge in [0, 0.05) is 14.8 Å². The summed E-state index contributed by atoms with van der Waals surface area (Å²) in [7, 11) is 0. The number of hydrogen-bond acceptors (Lipinski definition) is 3. The molecule has 0 saturated heterocycles. The maximum absolute atomic E-state index is 12.3. The number of anilines is 2. The number of para-hydroxylation sites is 1. The average Bonchev–Trinajstić information content (AvgIpc) is 2.48. The molecule has 0 heterocycles. The first-order chi connectivity index (χ1) is 11.2. The molecule has 0 saturated carbocycles. The summed E-state index contributed by atoms with van der Waals surface area (Å²) in [6.07, 6.45) is -0.529. The molecule has 2 N–H and O–H groups in total. The van der Waals surface area contributed by atoms with Crippen LogP contribution in [0.25, 0.3) is 0 Å². The number of halogens is 1. The van der Waals surface area contributed by atoms with Crippen LogP contribution in [0.1, 0.15) is 31.1 Å². The fourth-order valence-corrected chi connectivity index (χ4v) is 2.41. The quantitative estimate of drug-likeness (QED) is 0.671. The Bertz CT molecular complexity index is 737. The summed E-state index contributed by atoms with van der Waals surface area (Å²) in [5.41, 5.74) is 1.27. The number of ether oxygens (including phenoxy) is 1. The molecule has 0 aliphatic carbocycles. The van der Waals surface area contributed by atoms with Gasteiger partial charge in [-0.3, -0.25) is 10.1 Å². The van der Waals surface area contributed by atoms with Gasteiger partial charge in [0.2, 0.25) is 0 Å². The minimum absolute atomic E-state index is 0.206. The van der Waals surface area contributed by atoms with Crippen molar-refractivity contribution in [3.8, 4) is 0 Å². The van der Waals surface area contributed by atoms with Crippen LogP contribution in [-0.2, 0) is 4.74 Å². The number of amides is 2. The van der Waals surface area contributed by atoms with Crippen molar-refractivity contribution in [2.75, 3.05) is 10.6 Å². The van der Waals surface area contributed by atoms with E-state index in [1.54, 1.807) is 45.0 Å². The van der Waals surface area contributed by atoms with E-state index in [0.29, 0.717) is 11.3 Å². The molecule has 2 aromatic rings. The number of benzene rings is 2. The zero-order valence-electron chi connectivity index (χ0n) is 13.7. The van der Waals surface area contributed by atoms with Crippen molar-refractivity contribution in [3.05, 3.63) is 57.7 Å². The normalized spacial score (nSPS) is 10.8. The molecule has 0 spiro atoms. The Hall–Kier alpha value is -2.09. The minimum atomic E-state index is -0.559. The Balaban J connectivity index is 2.00. The van der Waals surface area contributed by atoms with Crippen molar-refractivity contribution < 1.29 is 14.3 Å². The monoisotopic (exact) mass is 438 g/mol. The number of nitrogens with one attached hydrogen (secondary N) is 2. The summed E-state index contributed by atoms with van der Waals surface area (Å²) in [4.78, 5) is 24.0. The Kier molecular flexibility index (Phi) is 5.82. The first kappa shape index (κ1) is 18.3. The summed E-state index contributed by atoms with van der Waals surface area (Å²) in [5, 5.41) is 5.49. The SMILES string of the molecule is CC(C)(C)OC(=O)Nc1ccc(C(=O)Nc2ccccc2I)cc1. The lowest BCUT2D eigenvalue weighted by molar-refractivity contribution is 0.0636. The maximum atomic E-state index is 12.3. The van der Waals surface area contributed by atoms with Crippen LogP contribution in [-0.4, -0.2) is 17.6 Å². The minimum Gasteiger partial charge on any atom is -0.444 e. The van der Waals surface area contributed by atoms with E-state index in [-0.39, 0.29) is 5.91 Å². The Morgan fingerprint density at radius 1 is 0.958 bits per heavy atom. The molecule has 2 amide bonds. The third-order valence-electron chi connectivity index (χ3n) is 2.91. The number of hydrogen-bond donors (Lipinski definition) is 2. The van der Waals surface area contributed by atoms with Crippen molar-refractivity contribution in [2.45, 2.75) is 26.4 Å². The molecule has 6 heteroatoms. The second-order valence-electron chi connectivity index (χ2n) is 6.14. The smallest absolute Gasteiger partial charge is 0.412 e. The number of carbonyl (C=O) groups is 2. The summed E-state index contributed by atoms with van der Waals surface area (Å²) in [6.45, 7) is 5.39. The highest BCUT2D eigenvalue weighted by Crippen LogP contribution is 2.19. The summed E-state index contributed by atoms with van der Waals surface area (Å²) < 4.78 is 6.15. The van der Waals surface area contributed by atoms with Crippen LogP contribution in [0.2, 0.25) is 0 Å². The highest BCUT2D eigenvalue weighted by Gasteiger charge is 2.16. The molecule has 0 unspecified atom stereocenters. The zero-order valence-corrected chi connectivity index (χ0v) is 15.9.